The number of hydrogen-bond donors (Lipinski definition) is 1. The highest BCUT2D eigenvalue weighted by Crippen LogP contribution is 2.33. The zero-order valence-electron chi connectivity index (χ0n) is 17.3. The van der Waals surface area contributed by atoms with E-state index in [2.05, 4.69) is 16.4 Å². The standard InChI is InChI=1S/C25H21N3O2S2/c29-23(14-17-6-2-1-3-7-17)26-19-10-11-20-22(15-19)32-25(27-20)31-16-24(30)28-13-12-18-8-4-5-9-21(18)28/h1-11,15H,12-14,16H2,(H,26,29). The van der Waals surface area contributed by atoms with Crippen molar-refractivity contribution in [2.24, 2.45) is 0 Å². The van der Waals surface area contributed by atoms with Crippen LogP contribution in [0, 0.1) is 0 Å². The van der Waals surface area contributed by atoms with Crippen LogP contribution in [0.1, 0.15) is 11.1 Å². The number of benzene rings is 3. The largest absolute Gasteiger partial charge is 0.326 e. The van der Waals surface area contributed by atoms with Crippen molar-refractivity contribution < 1.29 is 9.59 Å². The van der Waals surface area contributed by atoms with Crippen molar-refractivity contribution in [1.82, 2.24) is 4.98 Å². The SMILES string of the molecule is O=C(Cc1ccccc1)Nc1ccc2nc(SCC(=O)N3CCc4ccccc43)sc2c1. The number of anilines is 2. The van der Waals surface area contributed by atoms with E-state index in [1.54, 1.807) is 11.3 Å². The number of thioether (sulfide) groups is 1. The topological polar surface area (TPSA) is 62.3 Å². The maximum Gasteiger partial charge on any atom is 0.237 e. The van der Waals surface area contributed by atoms with Crippen LogP contribution in [0.25, 0.3) is 10.2 Å². The quantitative estimate of drug-likeness (QED) is 0.405. The molecule has 0 fully saturated rings. The summed E-state index contributed by atoms with van der Waals surface area (Å²) in [4.78, 5) is 31.6. The third-order valence-corrected chi connectivity index (χ3v) is 7.51. The molecule has 0 bridgehead atoms. The molecule has 4 aromatic rings. The molecule has 0 aliphatic carbocycles. The maximum atomic E-state index is 12.8. The lowest BCUT2D eigenvalue weighted by atomic mass is 10.1. The Morgan fingerprint density at radius 3 is 2.72 bits per heavy atom. The van der Waals surface area contributed by atoms with Crippen LogP contribution >= 0.6 is 23.1 Å². The number of fused-ring (bicyclic) bond motifs is 2. The van der Waals surface area contributed by atoms with Crippen LogP contribution in [0.3, 0.4) is 0 Å². The molecule has 1 aromatic heterocycles. The van der Waals surface area contributed by atoms with E-state index in [4.69, 9.17) is 0 Å². The van der Waals surface area contributed by atoms with Gasteiger partial charge in [-0.2, -0.15) is 0 Å². The number of amides is 2. The Kier molecular flexibility index (Phi) is 5.92. The summed E-state index contributed by atoms with van der Waals surface area (Å²) in [7, 11) is 0. The minimum Gasteiger partial charge on any atom is -0.326 e. The van der Waals surface area contributed by atoms with Gasteiger partial charge in [-0.15, -0.1) is 11.3 Å². The maximum absolute atomic E-state index is 12.8. The summed E-state index contributed by atoms with van der Waals surface area (Å²) < 4.78 is 1.84. The van der Waals surface area contributed by atoms with Gasteiger partial charge in [-0.25, -0.2) is 4.98 Å². The molecule has 5 rings (SSSR count). The van der Waals surface area contributed by atoms with Crippen LogP contribution in [-0.4, -0.2) is 29.1 Å². The molecular weight excluding hydrogens is 438 g/mol. The summed E-state index contributed by atoms with van der Waals surface area (Å²) in [5.41, 5.74) is 4.86. The molecule has 5 nitrogen and oxygen atoms in total. The molecule has 0 spiro atoms. The molecule has 3 aromatic carbocycles. The van der Waals surface area contributed by atoms with Crippen LogP contribution in [0.15, 0.2) is 77.1 Å². The first-order valence-electron chi connectivity index (χ1n) is 10.4. The lowest BCUT2D eigenvalue weighted by molar-refractivity contribution is -0.116. The Morgan fingerprint density at radius 1 is 1.03 bits per heavy atom. The van der Waals surface area contributed by atoms with Crippen molar-refractivity contribution in [1.29, 1.82) is 0 Å². The van der Waals surface area contributed by atoms with Crippen LogP contribution in [0.4, 0.5) is 11.4 Å². The summed E-state index contributed by atoms with van der Waals surface area (Å²) in [5, 5.41) is 2.96. The molecule has 2 amide bonds. The molecular formula is C25H21N3O2S2. The van der Waals surface area contributed by atoms with Gasteiger partial charge in [-0.1, -0.05) is 60.3 Å². The van der Waals surface area contributed by atoms with Gasteiger partial charge in [0, 0.05) is 17.9 Å². The number of carbonyl (C=O) groups is 2. The van der Waals surface area contributed by atoms with Crippen molar-refractivity contribution in [3.63, 3.8) is 0 Å². The summed E-state index contributed by atoms with van der Waals surface area (Å²) >= 11 is 3.01. The van der Waals surface area contributed by atoms with Gasteiger partial charge in [0.15, 0.2) is 4.34 Å². The number of nitrogens with one attached hydrogen (secondary N) is 1. The molecule has 160 valence electrons. The highest BCUT2D eigenvalue weighted by molar-refractivity contribution is 8.01. The summed E-state index contributed by atoms with van der Waals surface area (Å²) in [6, 6.07) is 23.5. The fraction of sp³-hybridized carbons (Fsp3) is 0.160. The van der Waals surface area contributed by atoms with Gasteiger partial charge in [0.25, 0.3) is 0 Å². The molecule has 0 saturated carbocycles. The Bertz CT molecular complexity index is 1290. The van der Waals surface area contributed by atoms with Gasteiger partial charge in [-0.3, -0.25) is 9.59 Å². The molecule has 0 unspecified atom stereocenters. The zero-order chi connectivity index (χ0) is 21.9. The molecule has 1 aliphatic rings. The average Bonchev–Trinajstić information content (AvgIpc) is 3.42. The minimum atomic E-state index is -0.0499. The van der Waals surface area contributed by atoms with Gasteiger partial charge in [0.05, 0.1) is 22.4 Å². The number of hydrogen-bond acceptors (Lipinski definition) is 5. The lowest BCUT2D eigenvalue weighted by Crippen LogP contribution is -2.30. The third-order valence-electron chi connectivity index (χ3n) is 5.37. The minimum absolute atomic E-state index is 0.0499. The van der Waals surface area contributed by atoms with Crippen molar-refractivity contribution in [3.05, 3.63) is 83.9 Å². The fourth-order valence-electron chi connectivity index (χ4n) is 3.83. The van der Waals surface area contributed by atoms with E-state index in [9.17, 15) is 9.59 Å². The molecule has 2 heterocycles. The van der Waals surface area contributed by atoms with Gasteiger partial charge >= 0.3 is 0 Å². The fourth-order valence-corrected chi connectivity index (χ4v) is 5.81. The number of para-hydroxylation sites is 1. The molecule has 0 atom stereocenters. The van der Waals surface area contributed by atoms with E-state index in [1.165, 1.54) is 17.3 Å². The first kappa shape index (κ1) is 20.7. The summed E-state index contributed by atoms with van der Waals surface area (Å²) in [6.07, 6.45) is 1.25. The van der Waals surface area contributed by atoms with Gasteiger partial charge in [-0.05, 0) is 41.8 Å². The second-order valence-electron chi connectivity index (χ2n) is 7.59. The normalized spacial score (nSPS) is 12.7. The summed E-state index contributed by atoms with van der Waals surface area (Å²) in [6.45, 7) is 0.741. The van der Waals surface area contributed by atoms with Gasteiger partial charge in [0.2, 0.25) is 11.8 Å². The predicted molar refractivity (Wildman–Crippen MR) is 132 cm³/mol. The van der Waals surface area contributed by atoms with Crippen molar-refractivity contribution in [3.8, 4) is 0 Å². The Hall–Kier alpha value is -3.16. The number of carbonyl (C=O) groups excluding carboxylic acids is 2. The first-order valence-corrected chi connectivity index (χ1v) is 12.2. The van der Waals surface area contributed by atoms with Crippen LogP contribution in [-0.2, 0) is 22.4 Å². The summed E-state index contributed by atoms with van der Waals surface area (Å²) in [5.74, 6) is 0.411. The van der Waals surface area contributed by atoms with Crippen LogP contribution in [0.5, 0.6) is 0 Å². The molecule has 1 aliphatic heterocycles. The van der Waals surface area contributed by atoms with E-state index in [-0.39, 0.29) is 11.8 Å². The third kappa shape index (κ3) is 4.54. The van der Waals surface area contributed by atoms with E-state index < -0.39 is 0 Å². The number of nitrogens with zero attached hydrogens (tertiary/aromatic N) is 2. The zero-order valence-corrected chi connectivity index (χ0v) is 18.9. The van der Waals surface area contributed by atoms with E-state index >= 15 is 0 Å². The predicted octanol–water partition coefficient (Wildman–Crippen LogP) is 5.16. The second-order valence-corrected chi connectivity index (χ2v) is 9.84. The monoisotopic (exact) mass is 459 g/mol. The van der Waals surface area contributed by atoms with Crippen molar-refractivity contribution in [2.45, 2.75) is 17.2 Å². The van der Waals surface area contributed by atoms with Gasteiger partial charge < -0.3 is 10.2 Å². The lowest BCUT2D eigenvalue weighted by Gasteiger charge is -2.16. The van der Waals surface area contributed by atoms with Crippen molar-refractivity contribution >= 4 is 56.5 Å². The highest BCUT2D eigenvalue weighted by Gasteiger charge is 2.24. The van der Waals surface area contributed by atoms with Gasteiger partial charge in [0.1, 0.15) is 0 Å². The molecule has 0 radical (unpaired) electrons. The van der Waals surface area contributed by atoms with E-state index in [1.807, 2.05) is 71.6 Å². The van der Waals surface area contributed by atoms with Crippen LogP contribution < -0.4 is 10.2 Å². The molecule has 32 heavy (non-hydrogen) atoms. The number of rotatable bonds is 6. The van der Waals surface area contributed by atoms with E-state index in [0.717, 1.165) is 44.5 Å². The molecule has 7 heteroatoms. The van der Waals surface area contributed by atoms with Crippen molar-refractivity contribution in [2.75, 3.05) is 22.5 Å². The average molecular weight is 460 g/mol. The number of thiazole rings is 1. The Balaban J connectivity index is 1.21. The second kappa shape index (κ2) is 9.14. The Morgan fingerprint density at radius 2 is 1.84 bits per heavy atom. The van der Waals surface area contributed by atoms with E-state index in [0.29, 0.717) is 12.2 Å². The van der Waals surface area contributed by atoms with Crippen LogP contribution in [0.2, 0.25) is 0 Å². The molecule has 1 N–H and O–H groups in total. The molecule has 0 saturated heterocycles. The smallest absolute Gasteiger partial charge is 0.237 e. The Labute approximate surface area is 194 Å². The highest BCUT2D eigenvalue weighted by atomic mass is 32.2. The first-order chi connectivity index (χ1) is 15.7. The number of aromatic nitrogens is 1.